The average Bonchev–Trinajstić information content (AvgIpc) is 2.45. The number of aryl methyl sites for hydroxylation is 1. The summed E-state index contributed by atoms with van der Waals surface area (Å²) < 4.78 is 38.8. The SMILES string of the molecule is Cc1cc(C(F)(F)F)nc(N2CCCC3CCNC(=O)C32)n1. The lowest BCUT2D eigenvalue weighted by Crippen LogP contribution is -2.58. The molecule has 0 saturated carbocycles. The summed E-state index contributed by atoms with van der Waals surface area (Å²) >= 11 is 0. The Bertz CT molecular complexity index is 588. The molecule has 2 unspecified atom stereocenters. The molecule has 1 aromatic rings. The number of amides is 1. The van der Waals surface area contributed by atoms with Crippen LogP contribution in [0.1, 0.15) is 30.7 Å². The number of rotatable bonds is 1. The molecule has 2 aliphatic heterocycles. The summed E-state index contributed by atoms with van der Waals surface area (Å²) in [6, 6.07) is 0.455. The smallest absolute Gasteiger partial charge is 0.354 e. The molecule has 2 fully saturated rings. The Hall–Kier alpha value is -1.86. The minimum Gasteiger partial charge on any atom is -0.354 e. The summed E-state index contributed by atoms with van der Waals surface area (Å²) in [5.74, 6) is 0.00892. The van der Waals surface area contributed by atoms with Crippen LogP contribution in [0.2, 0.25) is 0 Å². The lowest BCUT2D eigenvalue weighted by atomic mass is 9.84. The first-order chi connectivity index (χ1) is 10.4. The van der Waals surface area contributed by atoms with Crippen molar-refractivity contribution in [3.05, 3.63) is 17.5 Å². The summed E-state index contributed by atoms with van der Waals surface area (Å²) in [6.07, 6.45) is -1.95. The zero-order valence-electron chi connectivity index (χ0n) is 12.2. The average molecular weight is 314 g/mol. The third-order valence-electron chi connectivity index (χ3n) is 4.23. The summed E-state index contributed by atoms with van der Waals surface area (Å²) in [7, 11) is 0. The predicted octanol–water partition coefficient (Wildman–Crippen LogP) is 1.91. The van der Waals surface area contributed by atoms with Crippen LogP contribution in [0.4, 0.5) is 19.1 Å². The second-order valence-electron chi connectivity index (χ2n) is 5.81. The van der Waals surface area contributed by atoms with Crippen molar-refractivity contribution in [3.63, 3.8) is 0 Å². The van der Waals surface area contributed by atoms with Crippen LogP contribution in [0.5, 0.6) is 0 Å². The van der Waals surface area contributed by atoms with E-state index in [0.29, 0.717) is 13.1 Å². The van der Waals surface area contributed by atoms with E-state index in [1.807, 2.05) is 0 Å². The number of carbonyl (C=O) groups excluding carboxylic acids is 1. The van der Waals surface area contributed by atoms with Crippen molar-refractivity contribution in [2.75, 3.05) is 18.0 Å². The molecular formula is C14H17F3N4O. The zero-order valence-corrected chi connectivity index (χ0v) is 12.2. The fraction of sp³-hybridized carbons (Fsp3) is 0.643. The van der Waals surface area contributed by atoms with Gasteiger partial charge in [-0.2, -0.15) is 13.2 Å². The van der Waals surface area contributed by atoms with E-state index in [1.165, 1.54) is 6.92 Å². The molecule has 0 aliphatic carbocycles. The third kappa shape index (κ3) is 2.74. The maximum atomic E-state index is 12.9. The first-order valence-electron chi connectivity index (χ1n) is 7.33. The maximum Gasteiger partial charge on any atom is 0.433 e. The second kappa shape index (κ2) is 5.40. The molecule has 2 saturated heterocycles. The first-order valence-corrected chi connectivity index (χ1v) is 7.33. The van der Waals surface area contributed by atoms with Gasteiger partial charge in [0.15, 0.2) is 0 Å². The number of fused-ring (bicyclic) bond motifs is 1. The van der Waals surface area contributed by atoms with Gasteiger partial charge in [-0.25, -0.2) is 9.97 Å². The maximum absolute atomic E-state index is 12.9. The van der Waals surface area contributed by atoms with E-state index in [4.69, 9.17) is 0 Å². The first kappa shape index (κ1) is 15.1. The number of nitrogens with one attached hydrogen (secondary N) is 1. The molecule has 0 bridgehead atoms. The highest BCUT2D eigenvalue weighted by atomic mass is 19.4. The largest absolute Gasteiger partial charge is 0.433 e. The molecule has 0 aromatic carbocycles. The molecule has 2 atom stereocenters. The second-order valence-corrected chi connectivity index (χ2v) is 5.81. The third-order valence-corrected chi connectivity index (χ3v) is 4.23. The van der Waals surface area contributed by atoms with Gasteiger partial charge >= 0.3 is 6.18 Å². The lowest BCUT2D eigenvalue weighted by Gasteiger charge is -2.43. The van der Waals surface area contributed by atoms with Crippen LogP contribution in [0.25, 0.3) is 0 Å². The van der Waals surface area contributed by atoms with Crippen LogP contribution in [0.3, 0.4) is 0 Å². The Labute approximate surface area is 125 Å². The van der Waals surface area contributed by atoms with Crippen LogP contribution in [-0.4, -0.2) is 35.0 Å². The number of halogens is 3. The van der Waals surface area contributed by atoms with Gasteiger partial charge in [0.25, 0.3) is 0 Å². The number of carbonyl (C=O) groups is 1. The van der Waals surface area contributed by atoms with Crippen LogP contribution in [0, 0.1) is 12.8 Å². The number of nitrogens with zero attached hydrogens (tertiary/aromatic N) is 3. The van der Waals surface area contributed by atoms with Gasteiger partial charge < -0.3 is 10.2 Å². The number of aromatic nitrogens is 2. The van der Waals surface area contributed by atoms with Crippen molar-refractivity contribution in [2.24, 2.45) is 5.92 Å². The predicted molar refractivity (Wildman–Crippen MR) is 73.3 cm³/mol. The van der Waals surface area contributed by atoms with Crippen LogP contribution < -0.4 is 10.2 Å². The van der Waals surface area contributed by atoms with Gasteiger partial charge in [0.1, 0.15) is 11.7 Å². The zero-order chi connectivity index (χ0) is 15.9. The minimum atomic E-state index is -4.52. The Morgan fingerprint density at radius 3 is 2.82 bits per heavy atom. The van der Waals surface area contributed by atoms with Crippen molar-refractivity contribution < 1.29 is 18.0 Å². The summed E-state index contributed by atoms with van der Waals surface area (Å²) in [5, 5.41) is 2.78. The molecule has 2 aliphatic rings. The Kier molecular flexibility index (Phi) is 3.70. The quantitative estimate of drug-likeness (QED) is 0.860. The Morgan fingerprint density at radius 1 is 1.32 bits per heavy atom. The number of alkyl halides is 3. The van der Waals surface area contributed by atoms with Crippen LogP contribution in [0.15, 0.2) is 6.07 Å². The molecule has 0 radical (unpaired) electrons. The van der Waals surface area contributed by atoms with E-state index in [-0.39, 0.29) is 23.5 Å². The number of piperidine rings is 2. The number of hydrogen-bond acceptors (Lipinski definition) is 4. The van der Waals surface area contributed by atoms with Gasteiger partial charge in [-0.3, -0.25) is 4.79 Å². The normalized spacial score (nSPS) is 25.6. The molecule has 120 valence electrons. The summed E-state index contributed by atoms with van der Waals surface area (Å²) in [6.45, 7) is 2.62. The fourth-order valence-corrected chi connectivity index (χ4v) is 3.27. The van der Waals surface area contributed by atoms with Crippen molar-refractivity contribution in [3.8, 4) is 0 Å². The molecule has 1 N–H and O–H groups in total. The highest BCUT2D eigenvalue weighted by molar-refractivity contribution is 5.86. The monoisotopic (exact) mass is 314 g/mol. The summed E-state index contributed by atoms with van der Waals surface area (Å²) in [5.41, 5.74) is -0.719. The molecular weight excluding hydrogens is 297 g/mol. The molecule has 3 rings (SSSR count). The van der Waals surface area contributed by atoms with Crippen molar-refractivity contribution in [2.45, 2.75) is 38.4 Å². The van der Waals surface area contributed by atoms with E-state index < -0.39 is 17.9 Å². The number of hydrogen-bond donors (Lipinski definition) is 1. The van der Waals surface area contributed by atoms with Crippen molar-refractivity contribution >= 4 is 11.9 Å². The molecule has 1 aromatic heterocycles. The lowest BCUT2D eigenvalue weighted by molar-refractivity contribution is -0.141. The number of anilines is 1. The van der Waals surface area contributed by atoms with E-state index >= 15 is 0 Å². The Balaban J connectivity index is 1.98. The highest BCUT2D eigenvalue weighted by Crippen LogP contribution is 2.33. The van der Waals surface area contributed by atoms with Gasteiger partial charge in [0.05, 0.1) is 0 Å². The van der Waals surface area contributed by atoms with Crippen LogP contribution in [-0.2, 0) is 11.0 Å². The topological polar surface area (TPSA) is 58.1 Å². The van der Waals surface area contributed by atoms with E-state index in [0.717, 1.165) is 25.3 Å². The molecule has 8 heteroatoms. The summed E-state index contributed by atoms with van der Waals surface area (Å²) in [4.78, 5) is 21.6. The standard InChI is InChI=1S/C14H17F3N4O/c1-8-7-10(14(15,16)17)20-13(19-8)21-6-2-3-9-4-5-18-12(22)11(9)21/h7,9,11H,2-6H2,1H3,(H,18,22). The fourth-order valence-electron chi connectivity index (χ4n) is 3.27. The van der Waals surface area contributed by atoms with Gasteiger partial charge in [0.2, 0.25) is 11.9 Å². The van der Waals surface area contributed by atoms with E-state index in [1.54, 1.807) is 4.90 Å². The van der Waals surface area contributed by atoms with Crippen LogP contribution >= 0.6 is 0 Å². The van der Waals surface area contributed by atoms with Crippen molar-refractivity contribution in [1.82, 2.24) is 15.3 Å². The van der Waals surface area contributed by atoms with Gasteiger partial charge in [0, 0.05) is 18.8 Å². The highest BCUT2D eigenvalue weighted by Gasteiger charge is 2.41. The molecule has 0 spiro atoms. The van der Waals surface area contributed by atoms with E-state index in [2.05, 4.69) is 15.3 Å². The molecule has 5 nitrogen and oxygen atoms in total. The van der Waals surface area contributed by atoms with Gasteiger partial charge in [-0.05, 0) is 38.2 Å². The van der Waals surface area contributed by atoms with Crippen molar-refractivity contribution in [1.29, 1.82) is 0 Å². The van der Waals surface area contributed by atoms with Gasteiger partial charge in [-0.1, -0.05) is 0 Å². The molecule has 1 amide bonds. The molecule has 3 heterocycles. The Morgan fingerprint density at radius 2 is 2.09 bits per heavy atom. The minimum absolute atomic E-state index is 0.000856. The van der Waals surface area contributed by atoms with Gasteiger partial charge in [-0.15, -0.1) is 0 Å². The molecule has 22 heavy (non-hydrogen) atoms. The van der Waals surface area contributed by atoms with E-state index in [9.17, 15) is 18.0 Å².